The minimum atomic E-state index is -0.691. The first-order chi connectivity index (χ1) is 10.7. The zero-order chi connectivity index (χ0) is 15.5. The third-order valence-corrected chi connectivity index (χ3v) is 4.37. The fourth-order valence-electron chi connectivity index (χ4n) is 3.12. The first-order valence-corrected chi connectivity index (χ1v) is 7.58. The lowest BCUT2D eigenvalue weighted by Gasteiger charge is -2.35. The molecule has 1 atom stereocenters. The minimum Gasteiger partial charge on any atom is -0.481 e. The van der Waals surface area contributed by atoms with Gasteiger partial charge in [0.15, 0.2) is 0 Å². The molecule has 22 heavy (non-hydrogen) atoms. The summed E-state index contributed by atoms with van der Waals surface area (Å²) in [5, 5.41) is 9.16. The molecule has 0 spiro atoms. The van der Waals surface area contributed by atoms with Crippen LogP contribution in [-0.2, 0) is 4.79 Å². The molecule has 0 aromatic carbocycles. The van der Waals surface area contributed by atoms with Crippen LogP contribution in [-0.4, -0.2) is 34.0 Å². The molecule has 5 heteroatoms. The number of furan rings is 1. The number of aryl methyl sites for hydroxylation is 1. The van der Waals surface area contributed by atoms with Crippen molar-refractivity contribution in [2.45, 2.75) is 25.8 Å². The van der Waals surface area contributed by atoms with Crippen molar-refractivity contribution in [3.63, 3.8) is 0 Å². The number of aromatic nitrogens is 1. The fourth-order valence-corrected chi connectivity index (χ4v) is 3.12. The summed E-state index contributed by atoms with van der Waals surface area (Å²) in [4.78, 5) is 18.0. The van der Waals surface area contributed by atoms with E-state index in [9.17, 15) is 4.79 Å². The molecule has 1 aliphatic rings. The molecule has 0 amide bonds. The van der Waals surface area contributed by atoms with Gasteiger partial charge in [-0.25, -0.2) is 0 Å². The highest BCUT2D eigenvalue weighted by molar-refractivity contribution is 5.70. The van der Waals surface area contributed by atoms with Crippen molar-refractivity contribution < 1.29 is 14.3 Å². The Kier molecular flexibility index (Phi) is 4.24. The van der Waals surface area contributed by atoms with Crippen molar-refractivity contribution in [2.75, 3.05) is 13.1 Å². The molecule has 2 aromatic rings. The summed E-state index contributed by atoms with van der Waals surface area (Å²) in [6.45, 7) is 3.51. The first-order valence-electron chi connectivity index (χ1n) is 7.58. The van der Waals surface area contributed by atoms with Crippen LogP contribution in [0.5, 0.6) is 0 Å². The summed E-state index contributed by atoms with van der Waals surface area (Å²) in [6.07, 6.45) is 4.80. The quantitative estimate of drug-likeness (QED) is 0.940. The lowest BCUT2D eigenvalue weighted by atomic mass is 9.94. The van der Waals surface area contributed by atoms with Crippen LogP contribution in [0, 0.1) is 12.8 Å². The number of hydrogen-bond donors (Lipinski definition) is 1. The maximum atomic E-state index is 11.1. The van der Waals surface area contributed by atoms with Crippen molar-refractivity contribution in [3.8, 4) is 0 Å². The second-order valence-corrected chi connectivity index (χ2v) is 5.77. The van der Waals surface area contributed by atoms with E-state index in [2.05, 4.69) is 9.88 Å². The van der Waals surface area contributed by atoms with Gasteiger partial charge in [-0.2, -0.15) is 0 Å². The summed E-state index contributed by atoms with van der Waals surface area (Å²) in [5.41, 5.74) is 2.09. The monoisotopic (exact) mass is 300 g/mol. The van der Waals surface area contributed by atoms with Crippen LogP contribution in [0.2, 0.25) is 0 Å². The Morgan fingerprint density at radius 3 is 2.73 bits per heavy atom. The summed E-state index contributed by atoms with van der Waals surface area (Å²) in [6, 6.07) is 7.76. The van der Waals surface area contributed by atoms with Gasteiger partial charge in [-0.15, -0.1) is 0 Å². The van der Waals surface area contributed by atoms with E-state index in [0.29, 0.717) is 12.8 Å². The van der Waals surface area contributed by atoms with Gasteiger partial charge < -0.3 is 9.52 Å². The molecule has 1 fully saturated rings. The highest BCUT2D eigenvalue weighted by Crippen LogP contribution is 2.33. The van der Waals surface area contributed by atoms with Crippen LogP contribution in [0.25, 0.3) is 0 Å². The van der Waals surface area contributed by atoms with Crippen molar-refractivity contribution >= 4 is 5.97 Å². The molecule has 5 nitrogen and oxygen atoms in total. The van der Waals surface area contributed by atoms with E-state index < -0.39 is 5.97 Å². The highest BCUT2D eigenvalue weighted by atomic mass is 16.4. The van der Waals surface area contributed by atoms with Gasteiger partial charge in [0, 0.05) is 19.3 Å². The number of rotatable bonds is 4. The second kappa shape index (κ2) is 6.32. The van der Waals surface area contributed by atoms with Gasteiger partial charge in [-0.3, -0.25) is 14.7 Å². The Morgan fingerprint density at radius 2 is 2.14 bits per heavy atom. The number of carbonyl (C=O) groups is 1. The molecule has 3 heterocycles. The lowest BCUT2D eigenvalue weighted by Crippen LogP contribution is -2.39. The Morgan fingerprint density at radius 1 is 1.36 bits per heavy atom. The number of aliphatic carboxylic acids is 1. The average molecular weight is 300 g/mol. The Balaban J connectivity index is 1.88. The molecular weight excluding hydrogens is 280 g/mol. The van der Waals surface area contributed by atoms with Crippen molar-refractivity contribution in [1.82, 2.24) is 9.88 Å². The standard InChI is InChI=1S/C17H20N2O3/c1-12-4-2-8-18-15(12)16(14-5-3-11-22-14)19-9-6-13(7-10-19)17(20)21/h2-5,8,11,13,16H,6-7,9-10H2,1H3,(H,20,21). The number of likely N-dealkylation sites (tertiary alicyclic amines) is 1. The Labute approximate surface area is 129 Å². The molecule has 0 radical (unpaired) electrons. The predicted molar refractivity (Wildman–Crippen MR) is 81.5 cm³/mol. The van der Waals surface area contributed by atoms with Gasteiger partial charge in [0.25, 0.3) is 0 Å². The smallest absolute Gasteiger partial charge is 0.306 e. The van der Waals surface area contributed by atoms with E-state index in [1.165, 1.54) is 0 Å². The molecule has 1 N–H and O–H groups in total. The molecule has 1 saturated heterocycles. The zero-order valence-electron chi connectivity index (χ0n) is 12.6. The van der Waals surface area contributed by atoms with Gasteiger partial charge in [-0.05, 0) is 43.5 Å². The number of carboxylic acids is 1. The third kappa shape index (κ3) is 2.90. The molecule has 1 aliphatic heterocycles. The number of piperidine rings is 1. The number of carboxylic acid groups (broad SMARTS) is 1. The highest BCUT2D eigenvalue weighted by Gasteiger charge is 2.32. The van der Waals surface area contributed by atoms with Gasteiger partial charge in [0.2, 0.25) is 0 Å². The topological polar surface area (TPSA) is 66.6 Å². The number of pyridine rings is 1. The van der Waals surface area contributed by atoms with E-state index in [1.54, 1.807) is 12.5 Å². The average Bonchev–Trinajstić information content (AvgIpc) is 3.04. The molecule has 1 unspecified atom stereocenters. The summed E-state index contributed by atoms with van der Waals surface area (Å²) < 4.78 is 5.63. The van der Waals surface area contributed by atoms with E-state index in [4.69, 9.17) is 9.52 Å². The van der Waals surface area contributed by atoms with E-state index in [0.717, 1.165) is 30.1 Å². The van der Waals surface area contributed by atoms with Gasteiger partial charge in [0.05, 0.1) is 17.9 Å². The minimum absolute atomic E-state index is 0.0501. The maximum Gasteiger partial charge on any atom is 0.306 e. The van der Waals surface area contributed by atoms with Crippen LogP contribution < -0.4 is 0 Å². The van der Waals surface area contributed by atoms with Crippen LogP contribution >= 0.6 is 0 Å². The normalized spacial score (nSPS) is 18.2. The van der Waals surface area contributed by atoms with Gasteiger partial charge in [-0.1, -0.05) is 6.07 Å². The Hall–Kier alpha value is -2.14. The molecular formula is C17H20N2O3. The largest absolute Gasteiger partial charge is 0.481 e. The SMILES string of the molecule is Cc1cccnc1C(c1ccco1)N1CCC(C(=O)O)CC1. The molecule has 2 aromatic heterocycles. The van der Waals surface area contributed by atoms with Crippen molar-refractivity contribution in [3.05, 3.63) is 53.7 Å². The zero-order valence-corrected chi connectivity index (χ0v) is 12.6. The van der Waals surface area contributed by atoms with Crippen LogP contribution in [0.15, 0.2) is 41.1 Å². The molecule has 0 aliphatic carbocycles. The van der Waals surface area contributed by atoms with Gasteiger partial charge in [0.1, 0.15) is 11.8 Å². The summed E-state index contributed by atoms with van der Waals surface area (Å²) in [5.74, 6) is -0.0721. The van der Waals surface area contributed by atoms with E-state index in [-0.39, 0.29) is 12.0 Å². The molecule has 0 bridgehead atoms. The van der Waals surface area contributed by atoms with Crippen LogP contribution in [0.1, 0.15) is 35.9 Å². The molecule has 116 valence electrons. The van der Waals surface area contributed by atoms with Gasteiger partial charge >= 0.3 is 5.97 Å². The number of nitrogens with zero attached hydrogens (tertiary/aromatic N) is 2. The van der Waals surface area contributed by atoms with Crippen LogP contribution in [0.4, 0.5) is 0 Å². The van der Waals surface area contributed by atoms with E-state index >= 15 is 0 Å². The fraction of sp³-hybridized carbons (Fsp3) is 0.412. The van der Waals surface area contributed by atoms with E-state index in [1.807, 2.05) is 31.2 Å². The first kappa shape index (κ1) is 14.8. The maximum absolute atomic E-state index is 11.1. The molecule has 3 rings (SSSR count). The second-order valence-electron chi connectivity index (χ2n) is 5.77. The number of hydrogen-bond acceptors (Lipinski definition) is 4. The lowest BCUT2D eigenvalue weighted by molar-refractivity contribution is -0.143. The summed E-state index contributed by atoms with van der Waals surface area (Å²) in [7, 11) is 0. The van der Waals surface area contributed by atoms with Crippen LogP contribution in [0.3, 0.4) is 0 Å². The molecule has 0 saturated carbocycles. The summed E-state index contributed by atoms with van der Waals surface area (Å²) >= 11 is 0. The third-order valence-electron chi connectivity index (χ3n) is 4.37. The van der Waals surface area contributed by atoms with Crippen molar-refractivity contribution in [1.29, 1.82) is 0 Å². The predicted octanol–water partition coefficient (Wildman–Crippen LogP) is 2.87. The Bertz CT molecular complexity index is 631. The van der Waals surface area contributed by atoms with Crippen molar-refractivity contribution in [2.24, 2.45) is 5.92 Å².